The minimum atomic E-state index is -0.215. The maximum absolute atomic E-state index is 6.34. The third kappa shape index (κ3) is 2.85. The van der Waals surface area contributed by atoms with Crippen molar-refractivity contribution in [1.82, 2.24) is 0 Å². The van der Waals surface area contributed by atoms with Gasteiger partial charge in [-0.05, 0) is 29.8 Å². The van der Waals surface area contributed by atoms with Crippen molar-refractivity contribution < 1.29 is 0 Å². The number of hydrogen-bond donors (Lipinski definition) is 0. The first-order valence-electron chi connectivity index (χ1n) is 5.65. The van der Waals surface area contributed by atoms with E-state index in [2.05, 4.69) is 17.0 Å². The highest BCUT2D eigenvalue weighted by molar-refractivity contribution is 6.37. The van der Waals surface area contributed by atoms with Gasteiger partial charge in [0.05, 0.1) is 5.38 Å². The van der Waals surface area contributed by atoms with Crippen LogP contribution in [0.15, 0.2) is 46.5 Å². The Balaban J connectivity index is 2.38. The molecule has 0 bridgehead atoms. The molecule has 2 rings (SSSR count). The molecule has 96 valence electrons. The molecule has 0 aliphatic heterocycles. The summed E-state index contributed by atoms with van der Waals surface area (Å²) in [5.74, 6) is -0.0317. The Morgan fingerprint density at radius 3 is 2.50 bits per heavy atom. The van der Waals surface area contributed by atoms with Gasteiger partial charge in [0.1, 0.15) is 0 Å². The lowest BCUT2D eigenvalue weighted by Crippen LogP contribution is -2.16. The normalized spacial score (nSPS) is 23.4. The first-order chi connectivity index (χ1) is 8.49. The van der Waals surface area contributed by atoms with Crippen molar-refractivity contribution in [1.29, 1.82) is 0 Å². The summed E-state index contributed by atoms with van der Waals surface area (Å²) in [6.45, 7) is 0. The standard InChI is InChI=1S/C14H14Cl3N/c1-18(2)11-5-3-4-9(6-11)14-12(16)7-10(15)8-13(14)17/h3-8,12,14H,1-2H3. The van der Waals surface area contributed by atoms with Gasteiger partial charge in [0, 0.05) is 35.8 Å². The van der Waals surface area contributed by atoms with Crippen molar-refractivity contribution in [2.45, 2.75) is 11.3 Å². The zero-order valence-electron chi connectivity index (χ0n) is 10.2. The number of allylic oxidation sites excluding steroid dienone is 4. The topological polar surface area (TPSA) is 3.24 Å². The molecule has 4 heteroatoms. The molecular weight excluding hydrogens is 289 g/mol. The van der Waals surface area contributed by atoms with Crippen LogP contribution in [0.5, 0.6) is 0 Å². The summed E-state index contributed by atoms with van der Waals surface area (Å²) in [5.41, 5.74) is 2.23. The monoisotopic (exact) mass is 301 g/mol. The smallest absolute Gasteiger partial charge is 0.0651 e. The van der Waals surface area contributed by atoms with E-state index in [0.717, 1.165) is 11.3 Å². The predicted octanol–water partition coefficient (Wildman–Crippen LogP) is 4.70. The van der Waals surface area contributed by atoms with Gasteiger partial charge in [-0.3, -0.25) is 0 Å². The van der Waals surface area contributed by atoms with Gasteiger partial charge in [-0.2, -0.15) is 0 Å². The molecule has 1 nitrogen and oxygen atoms in total. The summed E-state index contributed by atoms with van der Waals surface area (Å²) < 4.78 is 0. The van der Waals surface area contributed by atoms with Crippen molar-refractivity contribution in [2.24, 2.45) is 0 Å². The van der Waals surface area contributed by atoms with Crippen molar-refractivity contribution in [3.8, 4) is 0 Å². The summed E-state index contributed by atoms with van der Waals surface area (Å²) >= 11 is 18.6. The summed E-state index contributed by atoms with van der Waals surface area (Å²) in [5, 5.41) is 1.06. The van der Waals surface area contributed by atoms with Gasteiger partial charge >= 0.3 is 0 Å². The predicted molar refractivity (Wildman–Crippen MR) is 81.0 cm³/mol. The quantitative estimate of drug-likeness (QED) is 0.716. The Labute approximate surface area is 123 Å². The molecule has 0 fully saturated rings. The second-order valence-electron chi connectivity index (χ2n) is 4.49. The molecular formula is C14H14Cl3N. The molecule has 0 N–H and O–H groups in total. The van der Waals surface area contributed by atoms with E-state index in [1.54, 1.807) is 6.08 Å². The Morgan fingerprint density at radius 1 is 1.17 bits per heavy atom. The van der Waals surface area contributed by atoms with E-state index in [9.17, 15) is 0 Å². The molecule has 1 aliphatic carbocycles. The van der Waals surface area contributed by atoms with Gasteiger partial charge in [0.2, 0.25) is 0 Å². The van der Waals surface area contributed by atoms with E-state index in [4.69, 9.17) is 34.8 Å². The maximum atomic E-state index is 6.34. The van der Waals surface area contributed by atoms with Crippen molar-refractivity contribution in [3.63, 3.8) is 0 Å². The average molecular weight is 303 g/mol. The average Bonchev–Trinajstić information content (AvgIpc) is 2.28. The molecule has 1 aromatic carbocycles. The number of halogens is 3. The highest BCUT2D eigenvalue weighted by atomic mass is 35.5. The van der Waals surface area contributed by atoms with E-state index in [1.165, 1.54) is 0 Å². The first kappa shape index (κ1) is 13.8. The van der Waals surface area contributed by atoms with Crippen LogP contribution in [0.2, 0.25) is 0 Å². The Morgan fingerprint density at radius 2 is 1.89 bits per heavy atom. The lowest BCUT2D eigenvalue weighted by Gasteiger charge is -2.25. The van der Waals surface area contributed by atoms with Gasteiger partial charge in [-0.1, -0.05) is 35.3 Å². The van der Waals surface area contributed by atoms with E-state index in [-0.39, 0.29) is 11.3 Å². The number of benzene rings is 1. The molecule has 0 spiro atoms. The van der Waals surface area contributed by atoms with Crippen LogP contribution >= 0.6 is 34.8 Å². The van der Waals surface area contributed by atoms with Crippen LogP contribution in [0.25, 0.3) is 0 Å². The Kier molecular flexibility index (Phi) is 4.26. The molecule has 2 atom stereocenters. The lowest BCUT2D eigenvalue weighted by atomic mass is 9.91. The minimum Gasteiger partial charge on any atom is -0.378 e. The fourth-order valence-corrected chi connectivity index (χ4v) is 3.24. The van der Waals surface area contributed by atoms with Crippen LogP contribution in [0, 0.1) is 0 Å². The second-order valence-corrected chi connectivity index (χ2v) is 5.87. The number of hydrogen-bond acceptors (Lipinski definition) is 1. The van der Waals surface area contributed by atoms with Gasteiger partial charge < -0.3 is 4.90 Å². The van der Waals surface area contributed by atoms with Crippen LogP contribution in [0.1, 0.15) is 11.5 Å². The fourth-order valence-electron chi connectivity index (χ4n) is 2.01. The van der Waals surface area contributed by atoms with E-state index < -0.39 is 0 Å². The summed E-state index contributed by atoms with van der Waals surface area (Å²) in [4.78, 5) is 2.05. The lowest BCUT2D eigenvalue weighted by molar-refractivity contribution is 0.842. The largest absolute Gasteiger partial charge is 0.378 e. The number of anilines is 1. The summed E-state index contributed by atoms with van der Waals surface area (Å²) in [6.07, 6.45) is 3.58. The van der Waals surface area contributed by atoms with Gasteiger partial charge in [0.15, 0.2) is 0 Å². The van der Waals surface area contributed by atoms with E-state index in [1.807, 2.05) is 32.3 Å². The third-order valence-electron chi connectivity index (χ3n) is 2.96. The highest BCUT2D eigenvalue weighted by Gasteiger charge is 2.26. The molecule has 0 aromatic heterocycles. The van der Waals surface area contributed by atoms with Crippen LogP contribution in [-0.2, 0) is 0 Å². The summed E-state index contributed by atoms with van der Waals surface area (Å²) in [6, 6.07) is 8.20. The molecule has 2 unspecified atom stereocenters. The van der Waals surface area contributed by atoms with Crippen molar-refractivity contribution in [2.75, 3.05) is 19.0 Å². The maximum Gasteiger partial charge on any atom is 0.0651 e. The van der Waals surface area contributed by atoms with E-state index >= 15 is 0 Å². The SMILES string of the molecule is CN(C)c1cccc(C2C(Cl)=CC(Cl)=CC2Cl)c1. The van der Waals surface area contributed by atoms with Gasteiger partial charge in [0.25, 0.3) is 0 Å². The van der Waals surface area contributed by atoms with Crippen LogP contribution < -0.4 is 4.90 Å². The third-order valence-corrected chi connectivity index (χ3v) is 3.91. The Hall–Kier alpha value is -0.630. The summed E-state index contributed by atoms with van der Waals surface area (Å²) in [7, 11) is 4.01. The Bertz CT molecular complexity index is 506. The molecule has 0 saturated carbocycles. The van der Waals surface area contributed by atoms with Gasteiger partial charge in [-0.15, -0.1) is 11.6 Å². The number of rotatable bonds is 2. The van der Waals surface area contributed by atoms with Gasteiger partial charge in [-0.25, -0.2) is 0 Å². The van der Waals surface area contributed by atoms with Crippen molar-refractivity contribution in [3.05, 3.63) is 52.0 Å². The molecule has 18 heavy (non-hydrogen) atoms. The number of nitrogens with zero attached hydrogens (tertiary/aromatic N) is 1. The number of alkyl halides is 1. The zero-order valence-corrected chi connectivity index (χ0v) is 12.5. The fraction of sp³-hybridized carbons (Fsp3) is 0.286. The van der Waals surface area contributed by atoms with Crippen LogP contribution in [0.4, 0.5) is 5.69 Å². The zero-order chi connectivity index (χ0) is 13.3. The molecule has 0 amide bonds. The molecule has 0 radical (unpaired) electrons. The molecule has 0 heterocycles. The molecule has 1 aliphatic rings. The van der Waals surface area contributed by atoms with Crippen LogP contribution in [-0.4, -0.2) is 19.5 Å². The highest BCUT2D eigenvalue weighted by Crippen LogP contribution is 2.40. The molecule has 0 saturated heterocycles. The second kappa shape index (κ2) is 5.56. The van der Waals surface area contributed by atoms with Crippen LogP contribution in [0.3, 0.4) is 0 Å². The van der Waals surface area contributed by atoms with Crippen molar-refractivity contribution >= 4 is 40.5 Å². The van der Waals surface area contributed by atoms with E-state index in [0.29, 0.717) is 10.1 Å². The first-order valence-corrected chi connectivity index (χ1v) is 6.84. The molecule has 1 aromatic rings. The minimum absolute atomic E-state index is 0.0317.